The first-order valence-electron chi connectivity index (χ1n) is 8.22. The van der Waals surface area contributed by atoms with E-state index in [1.807, 2.05) is 31.2 Å². The molecule has 3 rings (SSSR count). The van der Waals surface area contributed by atoms with Crippen molar-refractivity contribution in [1.82, 2.24) is 0 Å². The van der Waals surface area contributed by atoms with Crippen LogP contribution in [0.15, 0.2) is 33.5 Å². The maximum Gasteiger partial charge on any atom is 0.344 e. The minimum absolute atomic E-state index is 0.0777. The molecule has 0 unspecified atom stereocenters. The van der Waals surface area contributed by atoms with Gasteiger partial charge in [0, 0.05) is 30.2 Å². The van der Waals surface area contributed by atoms with E-state index in [2.05, 4.69) is 18.7 Å². The van der Waals surface area contributed by atoms with Gasteiger partial charge in [-0.1, -0.05) is 0 Å². The minimum atomic E-state index is -0.637. The predicted molar refractivity (Wildman–Crippen MR) is 89.9 cm³/mol. The third-order valence-electron chi connectivity index (χ3n) is 4.28. The molecule has 0 radical (unpaired) electrons. The second-order valence-corrected chi connectivity index (χ2v) is 5.82. The van der Waals surface area contributed by atoms with Gasteiger partial charge >= 0.3 is 5.63 Å². The first-order valence-corrected chi connectivity index (χ1v) is 8.22. The van der Waals surface area contributed by atoms with Crippen molar-refractivity contribution in [3.05, 3.63) is 40.2 Å². The van der Waals surface area contributed by atoms with Crippen molar-refractivity contribution in [1.29, 1.82) is 0 Å². The fraction of sp³-hybridized carbons (Fsp3) is 0.500. The molecule has 2 heterocycles. The zero-order valence-corrected chi connectivity index (χ0v) is 13.9. The minimum Gasteiger partial charge on any atom is -0.422 e. The smallest absolute Gasteiger partial charge is 0.344 e. The summed E-state index contributed by atoms with van der Waals surface area (Å²) in [6.45, 7) is 8.59. The van der Waals surface area contributed by atoms with Crippen molar-refractivity contribution >= 4 is 16.7 Å². The Morgan fingerprint density at radius 1 is 1.22 bits per heavy atom. The molecule has 0 spiro atoms. The maximum atomic E-state index is 12.3. The van der Waals surface area contributed by atoms with Gasteiger partial charge in [0.05, 0.1) is 18.3 Å². The highest BCUT2D eigenvalue weighted by atomic mass is 16.7. The molecule has 23 heavy (non-hydrogen) atoms. The fourth-order valence-electron chi connectivity index (χ4n) is 2.89. The molecule has 0 amide bonds. The quantitative estimate of drug-likeness (QED) is 0.808. The molecule has 0 aliphatic carbocycles. The second-order valence-electron chi connectivity index (χ2n) is 5.82. The van der Waals surface area contributed by atoms with Crippen LogP contribution in [0.3, 0.4) is 0 Å². The summed E-state index contributed by atoms with van der Waals surface area (Å²) in [6, 6.07) is 7.75. The molecule has 124 valence electrons. The Morgan fingerprint density at radius 3 is 2.70 bits per heavy atom. The summed E-state index contributed by atoms with van der Waals surface area (Å²) in [6.07, 6.45) is 0.276. The second kappa shape index (κ2) is 6.72. The summed E-state index contributed by atoms with van der Waals surface area (Å²) in [7, 11) is 0. The number of fused-ring (bicyclic) bond motifs is 1. The number of ether oxygens (including phenoxy) is 2. The van der Waals surface area contributed by atoms with Crippen LogP contribution in [0.1, 0.15) is 39.0 Å². The van der Waals surface area contributed by atoms with Gasteiger partial charge in [-0.25, -0.2) is 4.79 Å². The van der Waals surface area contributed by atoms with Crippen LogP contribution >= 0.6 is 0 Å². The lowest BCUT2D eigenvalue weighted by Crippen LogP contribution is -2.27. The van der Waals surface area contributed by atoms with Crippen LogP contribution in [-0.4, -0.2) is 25.8 Å². The third-order valence-corrected chi connectivity index (χ3v) is 4.28. The molecule has 1 aliphatic heterocycles. The summed E-state index contributed by atoms with van der Waals surface area (Å²) in [5.41, 5.74) is 1.68. The van der Waals surface area contributed by atoms with E-state index in [0.717, 1.165) is 30.6 Å². The number of nitrogens with zero attached hydrogens (tertiary/aromatic N) is 1. The molecule has 1 saturated heterocycles. The van der Waals surface area contributed by atoms with Crippen molar-refractivity contribution in [3.63, 3.8) is 0 Å². The van der Waals surface area contributed by atoms with E-state index in [9.17, 15) is 4.79 Å². The van der Waals surface area contributed by atoms with Gasteiger partial charge in [0.2, 0.25) is 0 Å². The first kappa shape index (κ1) is 16.0. The molecular formula is C18H23NO4. The fourth-order valence-corrected chi connectivity index (χ4v) is 2.89. The third kappa shape index (κ3) is 3.26. The summed E-state index contributed by atoms with van der Waals surface area (Å²) in [5.74, 6) is 0. The van der Waals surface area contributed by atoms with Gasteiger partial charge in [-0.15, -0.1) is 0 Å². The molecule has 1 aromatic carbocycles. The number of hydrogen-bond acceptors (Lipinski definition) is 5. The Kier molecular flexibility index (Phi) is 4.68. The molecule has 5 heteroatoms. The van der Waals surface area contributed by atoms with Crippen LogP contribution < -0.4 is 10.5 Å². The molecule has 5 nitrogen and oxygen atoms in total. The van der Waals surface area contributed by atoms with Crippen LogP contribution in [0.5, 0.6) is 0 Å². The Labute approximate surface area is 135 Å². The summed E-state index contributed by atoms with van der Waals surface area (Å²) < 4.78 is 16.8. The monoisotopic (exact) mass is 317 g/mol. The Bertz CT molecular complexity index is 735. The highest BCUT2D eigenvalue weighted by Gasteiger charge is 2.25. The van der Waals surface area contributed by atoms with E-state index >= 15 is 0 Å². The van der Waals surface area contributed by atoms with Gasteiger partial charge in [0.25, 0.3) is 0 Å². The Morgan fingerprint density at radius 2 is 2.00 bits per heavy atom. The molecule has 1 fully saturated rings. The van der Waals surface area contributed by atoms with Crippen molar-refractivity contribution in [2.75, 3.05) is 24.6 Å². The predicted octanol–water partition coefficient (Wildman–Crippen LogP) is 3.46. The highest BCUT2D eigenvalue weighted by Crippen LogP contribution is 2.27. The number of anilines is 1. The lowest BCUT2D eigenvalue weighted by molar-refractivity contribution is -0.213. The van der Waals surface area contributed by atoms with Crippen LogP contribution in [0.2, 0.25) is 0 Å². The summed E-state index contributed by atoms with van der Waals surface area (Å²) in [4.78, 5) is 14.5. The summed E-state index contributed by atoms with van der Waals surface area (Å²) in [5, 5.41) is 0.876. The lowest BCUT2D eigenvalue weighted by Gasteiger charge is -2.27. The average Bonchev–Trinajstić information content (AvgIpc) is 2.55. The summed E-state index contributed by atoms with van der Waals surface area (Å²) >= 11 is 0. The molecule has 2 atom stereocenters. The zero-order chi connectivity index (χ0) is 16.4. The SMILES string of the molecule is CCN(CC)c1ccc2cc([C@H]3OCC[C@@H](C)O3)c(=O)oc2c1. The molecule has 1 aliphatic rings. The standard InChI is InChI=1S/C18H23NO4/c1-4-19(5-2)14-7-6-13-10-15(17(20)23-16(13)11-14)18-21-9-8-12(3)22-18/h6-7,10-12,18H,4-5,8-9H2,1-3H3/t12-,18+/m1/s1. The van der Waals surface area contributed by atoms with E-state index in [1.165, 1.54) is 0 Å². The molecule has 1 aromatic heterocycles. The van der Waals surface area contributed by atoms with E-state index in [-0.39, 0.29) is 6.10 Å². The lowest BCUT2D eigenvalue weighted by atomic mass is 10.1. The number of hydrogen-bond donors (Lipinski definition) is 0. The van der Waals surface area contributed by atoms with Crippen molar-refractivity contribution in [2.45, 2.75) is 39.6 Å². The molecule has 0 saturated carbocycles. The van der Waals surface area contributed by atoms with Crippen LogP contribution in [-0.2, 0) is 9.47 Å². The van der Waals surface area contributed by atoms with Gasteiger partial charge in [0.15, 0.2) is 6.29 Å². The Balaban J connectivity index is 1.99. The number of benzene rings is 1. The number of rotatable bonds is 4. The van der Waals surface area contributed by atoms with Gasteiger partial charge < -0.3 is 18.8 Å². The van der Waals surface area contributed by atoms with Crippen molar-refractivity contribution < 1.29 is 13.9 Å². The Hall–Kier alpha value is -1.85. The van der Waals surface area contributed by atoms with Crippen molar-refractivity contribution in [2.24, 2.45) is 0 Å². The van der Waals surface area contributed by atoms with Crippen LogP contribution in [0.25, 0.3) is 11.0 Å². The van der Waals surface area contributed by atoms with E-state index < -0.39 is 11.9 Å². The normalized spacial score (nSPS) is 21.5. The molecule has 0 N–H and O–H groups in total. The van der Waals surface area contributed by atoms with E-state index in [1.54, 1.807) is 0 Å². The topological polar surface area (TPSA) is 51.9 Å². The molecule has 0 bridgehead atoms. The molecule has 2 aromatic rings. The van der Waals surface area contributed by atoms with E-state index in [0.29, 0.717) is 17.8 Å². The first-order chi connectivity index (χ1) is 11.1. The maximum absolute atomic E-state index is 12.3. The average molecular weight is 317 g/mol. The van der Waals surface area contributed by atoms with Gasteiger partial charge in [-0.05, 0) is 45.4 Å². The van der Waals surface area contributed by atoms with Crippen LogP contribution in [0, 0.1) is 0 Å². The largest absolute Gasteiger partial charge is 0.422 e. The van der Waals surface area contributed by atoms with Gasteiger partial charge in [-0.2, -0.15) is 0 Å². The molecular weight excluding hydrogens is 294 g/mol. The zero-order valence-electron chi connectivity index (χ0n) is 13.9. The van der Waals surface area contributed by atoms with Gasteiger partial charge in [-0.3, -0.25) is 0 Å². The van der Waals surface area contributed by atoms with E-state index in [4.69, 9.17) is 13.9 Å². The van der Waals surface area contributed by atoms with Gasteiger partial charge in [0.1, 0.15) is 5.58 Å². The van der Waals surface area contributed by atoms with Crippen molar-refractivity contribution in [3.8, 4) is 0 Å². The highest BCUT2D eigenvalue weighted by molar-refractivity contribution is 5.81. The van der Waals surface area contributed by atoms with Crippen LogP contribution in [0.4, 0.5) is 5.69 Å².